The first-order chi connectivity index (χ1) is 9.74. The highest BCUT2D eigenvalue weighted by atomic mass is 32.2. The van der Waals surface area contributed by atoms with Crippen LogP contribution in [0.4, 0.5) is 0 Å². The van der Waals surface area contributed by atoms with Crippen molar-refractivity contribution in [3.05, 3.63) is 59.9 Å². The molecule has 0 aliphatic heterocycles. The molecule has 0 aliphatic rings. The van der Waals surface area contributed by atoms with Gasteiger partial charge in [0.15, 0.2) is 0 Å². The van der Waals surface area contributed by atoms with E-state index in [4.69, 9.17) is 0 Å². The van der Waals surface area contributed by atoms with E-state index < -0.39 is 0 Å². The van der Waals surface area contributed by atoms with Gasteiger partial charge >= 0.3 is 0 Å². The molecule has 1 heterocycles. The maximum absolute atomic E-state index is 11.7. The second kappa shape index (κ2) is 7.70. The molecule has 1 amide bonds. The van der Waals surface area contributed by atoms with Crippen molar-refractivity contribution in [2.75, 3.05) is 5.75 Å². The van der Waals surface area contributed by atoms with Crippen LogP contribution in [0.25, 0.3) is 0 Å². The topological polar surface area (TPSA) is 42.0 Å². The summed E-state index contributed by atoms with van der Waals surface area (Å²) in [7, 11) is 0. The van der Waals surface area contributed by atoms with Gasteiger partial charge in [-0.15, -0.1) is 11.8 Å². The van der Waals surface area contributed by atoms with Gasteiger partial charge in [0, 0.05) is 36.0 Å². The number of nitrogens with zero attached hydrogens (tertiary/aromatic N) is 1. The number of amides is 1. The number of pyridine rings is 1. The molecule has 0 saturated heterocycles. The monoisotopic (exact) mass is 286 g/mol. The number of aromatic nitrogens is 1. The number of benzene rings is 1. The van der Waals surface area contributed by atoms with Gasteiger partial charge in [-0.2, -0.15) is 0 Å². The Kier molecular flexibility index (Phi) is 5.62. The first kappa shape index (κ1) is 14.6. The van der Waals surface area contributed by atoms with Crippen molar-refractivity contribution in [3.63, 3.8) is 0 Å². The molecule has 0 saturated carbocycles. The summed E-state index contributed by atoms with van der Waals surface area (Å²) in [6.07, 6.45) is 4.02. The summed E-state index contributed by atoms with van der Waals surface area (Å²) in [5.41, 5.74) is 2.27. The lowest BCUT2D eigenvalue weighted by Gasteiger charge is -2.05. The van der Waals surface area contributed by atoms with Crippen molar-refractivity contribution in [1.29, 1.82) is 0 Å². The van der Waals surface area contributed by atoms with E-state index >= 15 is 0 Å². The molecule has 1 aromatic heterocycles. The van der Waals surface area contributed by atoms with Gasteiger partial charge in [0.2, 0.25) is 5.91 Å². The van der Waals surface area contributed by atoms with E-state index in [9.17, 15) is 4.79 Å². The standard InChI is InChI=1S/C16H18N2OS/c1-13-4-6-15(7-5-13)20-10-8-16(19)18-12-14-3-2-9-17-11-14/h2-7,9,11H,8,10,12H2,1H3,(H,18,19). The average molecular weight is 286 g/mol. The maximum Gasteiger partial charge on any atom is 0.221 e. The largest absolute Gasteiger partial charge is 0.352 e. The summed E-state index contributed by atoms with van der Waals surface area (Å²) in [5, 5.41) is 2.90. The third-order valence-electron chi connectivity index (χ3n) is 2.83. The SMILES string of the molecule is Cc1ccc(SCCC(=O)NCc2cccnc2)cc1. The molecule has 20 heavy (non-hydrogen) atoms. The molecule has 0 radical (unpaired) electrons. The minimum atomic E-state index is 0.0773. The van der Waals surface area contributed by atoms with Gasteiger partial charge in [-0.05, 0) is 30.7 Å². The van der Waals surface area contributed by atoms with Gasteiger partial charge in [-0.25, -0.2) is 0 Å². The number of carbonyl (C=O) groups is 1. The lowest BCUT2D eigenvalue weighted by molar-refractivity contribution is -0.120. The highest BCUT2D eigenvalue weighted by molar-refractivity contribution is 7.99. The fourth-order valence-corrected chi connectivity index (χ4v) is 2.54. The molecule has 0 bridgehead atoms. The van der Waals surface area contributed by atoms with Crippen LogP contribution in [0.1, 0.15) is 17.5 Å². The fraction of sp³-hybridized carbons (Fsp3) is 0.250. The molecule has 0 atom stereocenters. The molecular formula is C16H18N2OS. The minimum Gasteiger partial charge on any atom is -0.352 e. The Bertz CT molecular complexity index is 540. The molecule has 2 aromatic rings. The number of hydrogen-bond donors (Lipinski definition) is 1. The van der Waals surface area contributed by atoms with E-state index in [2.05, 4.69) is 41.5 Å². The molecule has 0 unspecified atom stereocenters. The second-order valence-electron chi connectivity index (χ2n) is 4.55. The third-order valence-corrected chi connectivity index (χ3v) is 3.85. The third kappa shape index (κ3) is 5.05. The van der Waals surface area contributed by atoms with Crippen LogP contribution in [0.5, 0.6) is 0 Å². The molecule has 104 valence electrons. The zero-order chi connectivity index (χ0) is 14.2. The lowest BCUT2D eigenvalue weighted by atomic mass is 10.2. The van der Waals surface area contributed by atoms with Gasteiger partial charge in [0.1, 0.15) is 0 Å². The van der Waals surface area contributed by atoms with Crippen molar-refractivity contribution in [1.82, 2.24) is 10.3 Å². The molecule has 0 fully saturated rings. The van der Waals surface area contributed by atoms with Gasteiger partial charge < -0.3 is 5.32 Å². The Labute approximate surface area is 123 Å². The highest BCUT2D eigenvalue weighted by Gasteiger charge is 2.02. The Morgan fingerprint density at radius 3 is 2.75 bits per heavy atom. The van der Waals surface area contributed by atoms with E-state index in [-0.39, 0.29) is 5.91 Å². The van der Waals surface area contributed by atoms with Crippen LogP contribution in [0.3, 0.4) is 0 Å². The molecule has 0 aliphatic carbocycles. The summed E-state index contributed by atoms with van der Waals surface area (Å²) in [6.45, 7) is 2.61. The molecular weight excluding hydrogens is 268 g/mol. The normalized spacial score (nSPS) is 10.2. The Morgan fingerprint density at radius 1 is 1.25 bits per heavy atom. The number of hydrogen-bond acceptors (Lipinski definition) is 3. The number of rotatable bonds is 6. The number of aryl methyl sites for hydroxylation is 1. The molecule has 1 N–H and O–H groups in total. The summed E-state index contributed by atoms with van der Waals surface area (Å²) in [6, 6.07) is 12.2. The van der Waals surface area contributed by atoms with Gasteiger partial charge in [0.25, 0.3) is 0 Å². The smallest absolute Gasteiger partial charge is 0.221 e. The van der Waals surface area contributed by atoms with Crippen LogP contribution in [0.2, 0.25) is 0 Å². The zero-order valence-corrected chi connectivity index (χ0v) is 12.3. The van der Waals surface area contributed by atoms with Crippen LogP contribution in [-0.2, 0) is 11.3 Å². The number of carbonyl (C=O) groups excluding carboxylic acids is 1. The predicted octanol–water partition coefficient (Wildman–Crippen LogP) is 3.19. The molecule has 2 rings (SSSR count). The van der Waals surface area contributed by atoms with Gasteiger partial charge in [-0.1, -0.05) is 23.8 Å². The summed E-state index contributed by atoms with van der Waals surface area (Å²) in [4.78, 5) is 16.9. The minimum absolute atomic E-state index is 0.0773. The van der Waals surface area contributed by atoms with Crippen molar-refractivity contribution in [3.8, 4) is 0 Å². The van der Waals surface area contributed by atoms with Crippen LogP contribution in [0, 0.1) is 6.92 Å². The Balaban J connectivity index is 1.66. The van der Waals surface area contributed by atoms with E-state index in [1.54, 1.807) is 24.2 Å². The maximum atomic E-state index is 11.7. The lowest BCUT2D eigenvalue weighted by Crippen LogP contribution is -2.23. The first-order valence-electron chi connectivity index (χ1n) is 6.59. The second-order valence-corrected chi connectivity index (χ2v) is 5.72. The Morgan fingerprint density at radius 2 is 2.05 bits per heavy atom. The zero-order valence-electron chi connectivity index (χ0n) is 11.5. The van der Waals surface area contributed by atoms with Crippen LogP contribution >= 0.6 is 11.8 Å². The van der Waals surface area contributed by atoms with Crippen molar-refractivity contribution in [2.24, 2.45) is 0 Å². The molecule has 3 nitrogen and oxygen atoms in total. The van der Waals surface area contributed by atoms with E-state index in [1.807, 2.05) is 12.1 Å². The fourth-order valence-electron chi connectivity index (χ4n) is 1.69. The highest BCUT2D eigenvalue weighted by Crippen LogP contribution is 2.18. The summed E-state index contributed by atoms with van der Waals surface area (Å²) in [5.74, 6) is 0.871. The molecule has 1 aromatic carbocycles. The summed E-state index contributed by atoms with van der Waals surface area (Å²) < 4.78 is 0. The summed E-state index contributed by atoms with van der Waals surface area (Å²) >= 11 is 1.71. The number of nitrogens with one attached hydrogen (secondary N) is 1. The van der Waals surface area contributed by atoms with Crippen LogP contribution < -0.4 is 5.32 Å². The predicted molar refractivity (Wildman–Crippen MR) is 82.6 cm³/mol. The van der Waals surface area contributed by atoms with Crippen LogP contribution in [0.15, 0.2) is 53.7 Å². The number of thioether (sulfide) groups is 1. The quantitative estimate of drug-likeness (QED) is 0.829. The van der Waals surface area contributed by atoms with E-state index in [0.29, 0.717) is 13.0 Å². The van der Waals surface area contributed by atoms with Gasteiger partial charge in [-0.3, -0.25) is 9.78 Å². The van der Waals surface area contributed by atoms with Crippen molar-refractivity contribution >= 4 is 17.7 Å². The van der Waals surface area contributed by atoms with Crippen molar-refractivity contribution < 1.29 is 4.79 Å². The Hall–Kier alpha value is -1.81. The first-order valence-corrected chi connectivity index (χ1v) is 7.57. The molecule has 0 spiro atoms. The van der Waals surface area contributed by atoms with Crippen molar-refractivity contribution in [2.45, 2.75) is 24.8 Å². The van der Waals surface area contributed by atoms with E-state index in [1.165, 1.54) is 10.5 Å². The van der Waals surface area contributed by atoms with Crippen LogP contribution in [-0.4, -0.2) is 16.6 Å². The molecule has 4 heteroatoms. The average Bonchev–Trinajstić information content (AvgIpc) is 2.48. The van der Waals surface area contributed by atoms with E-state index in [0.717, 1.165) is 11.3 Å². The van der Waals surface area contributed by atoms with Gasteiger partial charge in [0.05, 0.1) is 0 Å².